The highest BCUT2D eigenvalue weighted by Gasteiger charge is 2.46. The molecule has 2 aliphatic rings. The van der Waals surface area contributed by atoms with Gasteiger partial charge in [-0.2, -0.15) is 0 Å². The van der Waals surface area contributed by atoms with Crippen molar-refractivity contribution in [1.29, 1.82) is 0 Å². The number of hydrogen-bond acceptors (Lipinski definition) is 6. The molecule has 0 saturated carbocycles. The molecule has 7 heteroatoms. The molecule has 7 nitrogen and oxygen atoms in total. The number of ether oxygens (including phenoxy) is 3. The summed E-state index contributed by atoms with van der Waals surface area (Å²) < 4.78 is 16.4. The lowest BCUT2D eigenvalue weighted by molar-refractivity contribution is -0.140. The number of rotatable bonds is 8. The first-order chi connectivity index (χ1) is 15.9. The zero-order valence-electron chi connectivity index (χ0n) is 18.7. The molecule has 1 saturated heterocycles. The van der Waals surface area contributed by atoms with Crippen LogP contribution in [0, 0.1) is 0 Å². The minimum atomic E-state index is -0.739. The summed E-state index contributed by atoms with van der Waals surface area (Å²) in [6.45, 7) is 6.46. The van der Waals surface area contributed by atoms with Crippen LogP contribution in [0.4, 0.5) is 0 Å². The largest absolute Gasteiger partial charge is 0.507 e. The standard InChI is InChI=1S/C26H27NO6/c1-4-12-32-20-8-5-17(6-9-20)23-22(25(29)26(30)27(23)11-13-31-3)24(28)18-7-10-21-19(15-18)14-16(2)33-21/h4-10,15-16,23,28H,1,11-14H2,2-3H3/b24-22+. The quantitative estimate of drug-likeness (QED) is 0.287. The SMILES string of the molecule is C=CCOc1ccc(C2/C(=C(\O)c3ccc4c(c3)CC(C)O4)C(=O)C(=O)N2CCOC)cc1. The first-order valence-electron chi connectivity index (χ1n) is 10.9. The number of hydrogen-bond donors (Lipinski definition) is 1. The Morgan fingerprint density at radius 2 is 2.00 bits per heavy atom. The predicted octanol–water partition coefficient (Wildman–Crippen LogP) is 3.64. The summed E-state index contributed by atoms with van der Waals surface area (Å²) in [4.78, 5) is 27.4. The lowest BCUT2D eigenvalue weighted by atomic mass is 9.94. The van der Waals surface area contributed by atoms with E-state index in [1.54, 1.807) is 42.5 Å². The third-order valence-corrected chi connectivity index (χ3v) is 5.81. The van der Waals surface area contributed by atoms with E-state index in [2.05, 4.69) is 6.58 Å². The molecule has 0 radical (unpaired) electrons. The summed E-state index contributed by atoms with van der Waals surface area (Å²) in [5.74, 6) is -0.173. The molecule has 2 atom stereocenters. The van der Waals surface area contributed by atoms with Crippen molar-refractivity contribution in [2.24, 2.45) is 0 Å². The van der Waals surface area contributed by atoms with Gasteiger partial charge in [0.05, 0.1) is 18.2 Å². The van der Waals surface area contributed by atoms with Gasteiger partial charge in [-0.1, -0.05) is 24.8 Å². The van der Waals surface area contributed by atoms with Crippen molar-refractivity contribution in [3.05, 3.63) is 77.4 Å². The van der Waals surface area contributed by atoms with Crippen molar-refractivity contribution in [3.63, 3.8) is 0 Å². The molecule has 0 spiro atoms. The van der Waals surface area contributed by atoms with Gasteiger partial charge in [0.25, 0.3) is 11.7 Å². The summed E-state index contributed by atoms with van der Waals surface area (Å²) in [7, 11) is 1.53. The van der Waals surface area contributed by atoms with Crippen LogP contribution in [-0.4, -0.2) is 54.7 Å². The Kier molecular flexibility index (Phi) is 6.51. The monoisotopic (exact) mass is 449 g/mol. The van der Waals surface area contributed by atoms with Crippen LogP contribution in [0.15, 0.2) is 60.7 Å². The maximum atomic E-state index is 13.1. The second kappa shape index (κ2) is 9.50. The van der Waals surface area contributed by atoms with E-state index in [1.165, 1.54) is 12.0 Å². The van der Waals surface area contributed by atoms with Gasteiger partial charge in [-0.3, -0.25) is 9.59 Å². The number of fused-ring (bicyclic) bond motifs is 1. The molecule has 4 rings (SSSR count). The van der Waals surface area contributed by atoms with Gasteiger partial charge in [-0.05, 0) is 48.4 Å². The third-order valence-electron chi connectivity index (χ3n) is 5.81. The predicted molar refractivity (Wildman–Crippen MR) is 123 cm³/mol. The van der Waals surface area contributed by atoms with Gasteiger partial charge in [0.15, 0.2) is 0 Å². The zero-order valence-corrected chi connectivity index (χ0v) is 18.7. The van der Waals surface area contributed by atoms with E-state index in [-0.39, 0.29) is 30.6 Å². The number of carbonyl (C=O) groups excluding carboxylic acids is 2. The Hall–Kier alpha value is -3.58. The summed E-state index contributed by atoms with van der Waals surface area (Å²) in [6.07, 6.45) is 2.42. The van der Waals surface area contributed by atoms with Gasteiger partial charge >= 0.3 is 0 Å². The fraction of sp³-hybridized carbons (Fsp3) is 0.308. The number of likely N-dealkylation sites (tertiary alicyclic amines) is 1. The second-order valence-electron chi connectivity index (χ2n) is 8.11. The van der Waals surface area contributed by atoms with Crippen LogP contribution in [0.3, 0.4) is 0 Å². The molecular formula is C26H27NO6. The van der Waals surface area contributed by atoms with Crippen molar-refractivity contribution in [2.45, 2.75) is 25.5 Å². The number of Topliss-reactive ketones (excluding diaryl/α,β-unsaturated/α-hetero) is 1. The molecular weight excluding hydrogens is 422 g/mol. The van der Waals surface area contributed by atoms with E-state index in [1.807, 2.05) is 13.0 Å². The first kappa shape index (κ1) is 22.6. The summed E-state index contributed by atoms with van der Waals surface area (Å²) in [5, 5.41) is 11.2. The van der Waals surface area contributed by atoms with Crippen LogP contribution < -0.4 is 9.47 Å². The zero-order chi connectivity index (χ0) is 23.5. The highest BCUT2D eigenvalue weighted by atomic mass is 16.5. The van der Waals surface area contributed by atoms with Crippen LogP contribution in [-0.2, 0) is 20.7 Å². The smallest absolute Gasteiger partial charge is 0.295 e. The van der Waals surface area contributed by atoms with E-state index in [0.717, 1.165) is 11.3 Å². The first-order valence-corrected chi connectivity index (χ1v) is 10.9. The van der Waals surface area contributed by atoms with Crippen molar-refractivity contribution in [3.8, 4) is 11.5 Å². The number of carbonyl (C=O) groups is 2. The van der Waals surface area contributed by atoms with Crippen LogP contribution in [0.25, 0.3) is 5.76 Å². The molecule has 1 amide bonds. The van der Waals surface area contributed by atoms with Crippen molar-refractivity contribution < 1.29 is 28.9 Å². The molecule has 2 aromatic rings. The van der Waals surface area contributed by atoms with Crippen LogP contribution in [0.1, 0.15) is 29.7 Å². The number of benzene rings is 2. The molecule has 172 valence electrons. The number of aliphatic hydroxyl groups is 1. The number of nitrogens with zero attached hydrogens (tertiary/aromatic N) is 1. The van der Waals surface area contributed by atoms with Gasteiger partial charge in [0.2, 0.25) is 0 Å². The van der Waals surface area contributed by atoms with Crippen LogP contribution in [0.2, 0.25) is 0 Å². The maximum Gasteiger partial charge on any atom is 0.295 e. The molecule has 2 unspecified atom stereocenters. The maximum absolute atomic E-state index is 13.1. The second-order valence-corrected chi connectivity index (χ2v) is 8.11. The van der Waals surface area contributed by atoms with E-state index >= 15 is 0 Å². The normalized spacial score (nSPS) is 21.1. The minimum Gasteiger partial charge on any atom is -0.507 e. The topological polar surface area (TPSA) is 85.3 Å². The van der Waals surface area contributed by atoms with Crippen LogP contribution >= 0.6 is 0 Å². The number of ketones is 1. The van der Waals surface area contributed by atoms with Crippen molar-refractivity contribution in [1.82, 2.24) is 4.90 Å². The third kappa shape index (κ3) is 4.36. The van der Waals surface area contributed by atoms with E-state index in [9.17, 15) is 14.7 Å². The molecule has 33 heavy (non-hydrogen) atoms. The Bertz CT molecular complexity index is 1100. The number of methoxy groups -OCH3 is 1. The highest BCUT2D eigenvalue weighted by Crippen LogP contribution is 2.40. The lowest BCUT2D eigenvalue weighted by Gasteiger charge is -2.25. The molecule has 2 aromatic carbocycles. The molecule has 2 aliphatic heterocycles. The highest BCUT2D eigenvalue weighted by molar-refractivity contribution is 6.46. The van der Waals surface area contributed by atoms with Gasteiger partial charge in [0, 0.05) is 25.6 Å². The molecule has 0 bridgehead atoms. The Balaban J connectivity index is 1.77. The van der Waals surface area contributed by atoms with Gasteiger partial charge < -0.3 is 24.2 Å². The Labute approximate surface area is 192 Å². The minimum absolute atomic E-state index is 0.0545. The average Bonchev–Trinajstić information content (AvgIpc) is 3.31. The van der Waals surface area contributed by atoms with Gasteiger partial charge in [-0.15, -0.1) is 0 Å². The van der Waals surface area contributed by atoms with Crippen LogP contribution in [0.5, 0.6) is 11.5 Å². The van der Waals surface area contributed by atoms with E-state index < -0.39 is 17.7 Å². The average molecular weight is 450 g/mol. The number of amides is 1. The molecule has 0 aliphatic carbocycles. The summed E-state index contributed by atoms with van der Waals surface area (Å²) in [6, 6.07) is 11.7. The Morgan fingerprint density at radius 1 is 1.24 bits per heavy atom. The lowest BCUT2D eigenvalue weighted by Crippen LogP contribution is -2.32. The summed E-state index contributed by atoms with van der Waals surface area (Å²) >= 11 is 0. The van der Waals surface area contributed by atoms with Crippen molar-refractivity contribution >= 4 is 17.4 Å². The molecule has 2 heterocycles. The van der Waals surface area contributed by atoms with E-state index in [4.69, 9.17) is 14.2 Å². The Morgan fingerprint density at radius 3 is 2.70 bits per heavy atom. The fourth-order valence-electron chi connectivity index (χ4n) is 4.27. The molecule has 1 N–H and O–H groups in total. The van der Waals surface area contributed by atoms with Crippen molar-refractivity contribution in [2.75, 3.05) is 26.9 Å². The molecule has 0 aromatic heterocycles. The number of aliphatic hydroxyl groups excluding tert-OH is 1. The summed E-state index contributed by atoms with van der Waals surface area (Å²) in [5.41, 5.74) is 2.19. The van der Waals surface area contributed by atoms with Gasteiger partial charge in [-0.25, -0.2) is 0 Å². The van der Waals surface area contributed by atoms with Gasteiger partial charge in [0.1, 0.15) is 30.0 Å². The fourth-order valence-corrected chi connectivity index (χ4v) is 4.27. The van der Waals surface area contributed by atoms with E-state index in [0.29, 0.717) is 29.9 Å². The molecule has 1 fully saturated rings.